The van der Waals surface area contributed by atoms with Crippen molar-refractivity contribution < 1.29 is 0 Å². The molecule has 4 rings (SSSR count). The molecule has 5 nitrogen and oxygen atoms in total. The summed E-state index contributed by atoms with van der Waals surface area (Å²) < 4.78 is 0. The van der Waals surface area contributed by atoms with Gasteiger partial charge in [0.2, 0.25) is 5.95 Å². The van der Waals surface area contributed by atoms with Gasteiger partial charge in [0.25, 0.3) is 0 Å². The minimum atomic E-state index is 0.807. The van der Waals surface area contributed by atoms with Crippen molar-refractivity contribution in [3.8, 4) is 0 Å². The molecule has 2 aliphatic heterocycles. The summed E-state index contributed by atoms with van der Waals surface area (Å²) in [5.41, 5.74) is 5.38. The van der Waals surface area contributed by atoms with E-state index in [4.69, 9.17) is 9.97 Å². The van der Waals surface area contributed by atoms with E-state index in [9.17, 15) is 0 Å². The van der Waals surface area contributed by atoms with E-state index in [0.29, 0.717) is 0 Å². The Hall–Kier alpha value is -2.14. The van der Waals surface area contributed by atoms with Gasteiger partial charge in [-0.05, 0) is 30.5 Å². The highest BCUT2D eigenvalue weighted by molar-refractivity contribution is 5.55. The van der Waals surface area contributed by atoms with Crippen LogP contribution in [-0.2, 0) is 25.9 Å². The Balaban J connectivity index is 1.75. The van der Waals surface area contributed by atoms with Gasteiger partial charge in [0, 0.05) is 39.3 Å². The Labute approximate surface area is 137 Å². The van der Waals surface area contributed by atoms with Gasteiger partial charge in [-0.25, -0.2) is 4.98 Å². The zero-order valence-electron chi connectivity index (χ0n) is 13.8. The summed E-state index contributed by atoms with van der Waals surface area (Å²) in [5.74, 6) is 1.94. The van der Waals surface area contributed by atoms with Crippen LogP contribution in [0.15, 0.2) is 24.3 Å². The lowest BCUT2D eigenvalue weighted by Gasteiger charge is -2.33. The Kier molecular flexibility index (Phi) is 3.65. The summed E-state index contributed by atoms with van der Waals surface area (Å²) in [6, 6.07) is 8.75. The first kappa shape index (κ1) is 14.5. The molecule has 0 aliphatic carbocycles. The summed E-state index contributed by atoms with van der Waals surface area (Å²) in [6.07, 6.45) is 2.10. The molecule has 1 aromatic carbocycles. The van der Waals surface area contributed by atoms with Gasteiger partial charge in [-0.3, -0.25) is 0 Å². The standard InChI is InChI=1S/C18H23N5/c1-22(2)18-20-16-11-19-9-7-15(16)17(21-18)23-10-8-13-5-3-4-6-14(13)12-23/h3-6,19H,7-12H2,1-2H3. The molecular weight excluding hydrogens is 286 g/mol. The first-order valence-electron chi connectivity index (χ1n) is 8.32. The molecule has 0 radical (unpaired) electrons. The lowest BCUT2D eigenvalue weighted by molar-refractivity contribution is 0.614. The molecule has 0 saturated carbocycles. The van der Waals surface area contributed by atoms with E-state index in [0.717, 1.165) is 56.5 Å². The van der Waals surface area contributed by atoms with Gasteiger partial charge in [0.1, 0.15) is 5.82 Å². The van der Waals surface area contributed by atoms with Crippen LogP contribution in [0.25, 0.3) is 0 Å². The maximum atomic E-state index is 4.90. The summed E-state index contributed by atoms with van der Waals surface area (Å²) in [5, 5.41) is 3.43. The van der Waals surface area contributed by atoms with Crippen LogP contribution in [0.1, 0.15) is 22.4 Å². The van der Waals surface area contributed by atoms with Gasteiger partial charge in [-0.2, -0.15) is 4.98 Å². The van der Waals surface area contributed by atoms with Crippen molar-refractivity contribution in [3.63, 3.8) is 0 Å². The first-order chi connectivity index (χ1) is 11.2. The molecule has 0 amide bonds. The second-order valence-electron chi connectivity index (χ2n) is 6.53. The molecule has 2 aliphatic rings. The molecule has 0 unspecified atom stereocenters. The number of benzene rings is 1. The van der Waals surface area contributed by atoms with Crippen molar-refractivity contribution >= 4 is 11.8 Å². The molecule has 5 heteroatoms. The number of nitrogens with zero attached hydrogens (tertiary/aromatic N) is 4. The summed E-state index contributed by atoms with van der Waals surface area (Å²) in [7, 11) is 4.01. The number of nitrogens with one attached hydrogen (secondary N) is 1. The molecule has 0 saturated heterocycles. The number of rotatable bonds is 2. The van der Waals surface area contributed by atoms with E-state index in [1.165, 1.54) is 16.7 Å². The van der Waals surface area contributed by atoms with Crippen LogP contribution in [0.2, 0.25) is 0 Å². The highest BCUT2D eigenvalue weighted by Gasteiger charge is 2.24. The SMILES string of the molecule is CN(C)c1nc2c(c(N3CCc4ccccc4C3)n1)CCNC2. The monoisotopic (exact) mass is 309 g/mol. The van der Waals surface area contributed by atoms with Crippen molar-refractivity contribution in [2.75, 3.05) is 37.0 Å². The van der Waals surface area contributed by atoms with Crippen LogP contribution in [0.5, 0.6) is 0 Å². The topological polar surface area (TPSA) is 44.3 Å². The van der Waals surface area contributed by atoms with Gasteiger partial charge in [0.05, 0.1) is 5.69 Å². The zero-order chi connectivity index (χ0) is 15.8. The van der Waals surface area contributed by atoms with Crippen molar-refractivity contribution in [1.29, 1.82) is 0 Å². The molecule has 1 aromatic heterocycles. The molecule has 0 atom stereocenters. The quantitative estimate of drug-likeness (QED) is 0.916. The number of fused-ring (bicyclic) bond motifs is 2. The van der Waals surface area contributed by atoms with Crippen LogP contribution in [0.4, 0.5) is 11.8 Å². The van der Waals surface area contributed by atoms with Gasteiger partial charge in [-0.15, -0.1) is 0 Å². The van der Waals surface area contributed by atoms with Crippen molar-refractivity contribution in [1.82, 2.24) is 15.3 Å². The van der Waals surface area contributed by atoms with Crippen LogP contribution < -0.4 is 15.1 Å². The molecule has 0 bridgehead atoms. The summed E-state index contributed by atoms with van der Waals surface area (Å²) in [6.45, 7) is 3.83. The Morgan fingerprint density at radius 3 is 2.74 bits per heavy atom. The van der Waals surface area contributed by atoms with Crippen LogP contribution >= 0.6 is 0 Å². The highest BCUT2D eigenvalue weighted by atomic mass is 15.3. The van der Waals surface area contributed by atoms with Crippen LogP contribution in [-0.4, -0.2) is 37.2 Å². The molecule has 3 heterocycles. The Morgan fingerprint density at radius 1 is 1.09 bits per heavy atom. The minimum absolute atomic E-state index is 0.807. The van der Waals surface area contributed by atoms with Gasteiger partial charge in [0.15, 0.2) is 0 Å². The van der Waals surface area contributed by atoms with Crippen LogP contribution in [0.3, 0.4) is 0 Å². The summed E-state index contributed by atoms with van der Waals surface area (Å²) in [4.78, 5) is 14.1. The molecule has 1 N–H and O–H groups in total. The molecule has 0 fully saturated rings. The predicted octanol–water partition coefficient (Wildman–Crippen LogP) is 1.75. The van der Waals surface area contributed by atoms with Gasteiger partial charge < -0.3 is 15.1 Å². The van der Waals surface area contributed by atoms with Crippen molar-refractivity contribution in [3.05, 3.63) is 46.6 Å². The van der Waals surface area contributed by atoms with Crippen molar-refractivity contribution in [2.45, 2.75) is 25.9 Å². The van der Waals surface area contributed by atoms with E-state index in [1.54, 1.807) is 0 Å². The van der Waals surface area contributed by atoms with Gasteiger partial charge in [-0.1, -0.05) is 24.3 Å². The number of anilines is 2. The molecule has 2 aromatic rings. The molecular formula is C18H23N5. The smallest absolute Gasteiger partial charge is 0.227 e. The summed E-state index contributed by atoms with van der Waals surface area (Å²) >= 11 is 0. The number of hydrogen-bond acceptors (Lipinski definition) is 5. The third-order valence-electron chi connectivity index (χ3n) is 4.73. The first-order valence-corrected chi connectivity index (χ1v) is 8.32. The van der Waals surface area contributed by atoms with E-state index in [-0.39, 0.29) is 0 Å². The fraction of sp³-hybridized carbons (Fsp3) is 0.444. The lowest BCUT2D eigenvalue weighted by Crippen LogP contribution is -2.35. The molecule has 23 heavy (non-hydrogen) atoms. The fourth-order valence-corrected chi connectivity index (χ4v) is 3.47. The maximum absolute atomic E-state index is 4.90. The Morgan fingerprint density at radius 2 is 1.91 bits per heavy atom. The maximum Gasteiger partial charge on any atom is 0.227 e. The van der Waals surface area contributed by atoms with Crippen molar-refractivity contribution in [2.24, 2.45) is 0 Å². The third-order valence-corrected chi connectivity index (χ3v) is 4.73. The van der Waals surface area contributed by atoms with E-state index in [2.05, 4.69) is 34.5 Å². The number of hydrogen-bond donors (Lipinski definition) is 1. The predicted molar refractivity (Wildman–Crippen MR) is 93.0 cm³/mol. The van der Waals surface area contributed by atoms with E-state index in [1.807, 2.05) is 19.0 Å². The second-order valence-corrected chi connectivity index (χ2v) is 6.53. The average molecular weight is 309 g/mol. The van der Waals surface area contributed by atoms with E-state index < -0.39 is 0 Å². The number of aromatic nitrogens is 2. The van der Waals surface area contributed by atoms with Gasteiger partial charge >= 0.3 is 0 Å². The average Bonchev–Trinajstić information content (AvgIpc) is 2.60. The zero-order valence-corrected chi connectivity index (χ0v) is 13.8. The second kappa shape index (κ2) is 5.81. The third kappa shape index (κ3) is 2.65. The molecule has 0 spiro atoms. The molecule has 120 valence electrons. The lowest BCUT2D eigenvalue weighted by atomic mass is 9.98. The Bertz CT molecular complexity index is 725. The normalized spacial score (nSPS) is 16.7. The van der Waals surface area contributed by atoms with E-state index >= 15 is 0 Å². The largest absolute Gasteiger partial charge is 0.352 e. The van der Waals surface area contributed by atoms with Crippen LogP contribution in [0, 0.1) is 0 Å². The minimum Gasteiger partial charge on any atom is -0.352 e. The highest BCUT2D eigenvalue weighted by Crippen LogP contribution is 2.30. The fourth-order valence-electron chi connectivity index (χ4n) is 3.47.